The van der Waals surface area contributed by atoms with Crippen LogP contribution in [-0.4, -0.2) is 33.3 Å². The number of carbonyl (C=O) groups is 4. The van der Waals surface area contributed by atoms with Gasteiger partial charge in [-0.2, -0.15) is 0 Å². The third kappa shape index (κ3) is 2.57. The van der Waals surface area contributed by atoms with Crippen molar-refractivity contribution in [2.24, 2.45) is 0 Å². The summed E-state index contributed by atoms with van der Waals surface area (Å²) in [6, 6.07) is 7.25. The van der Waals surface area contributed by atoms with Crippen molar-refractivity contribution in [3.05, 3.63) is 80.9 Å². The van der Waals surface area contributed by atoms with Crippen LogP contribution in [0.25, 0.3) is 0 Å². The third-order valence-electron chi connectivity index (χ3n) is 5.81. The van der Waals surface area contributed by atoms with Gasteiger partial charge in [-0.1, -0.05) is 25.1 Å². The molecular formula is C24H18O6. The van der Waals surface area contributed by atoms with E-state index in [1.54, 1.807) is 6.92 Å². The number of hydrogen-bond acceptors (Lipinski definition) is 6. The lowest BCUT2D eigenvalue weighted by atomic mass is 9.76. The first-order valence-corrected chi connectivity index (χ1v) is 9.40. The molecule has 0 aliphatic heterocycles. The summed E-state index contributed by atoms with van der Waals surface area (Å²) in [5, 5.41) is 21.0. The van der Waals surface area contributed by atoms with E-state index in [2.05, 4.69) is 0 Å². The first kappa shape index (κ1) is 19.5. The van der Waals surface area contributed by atoms with E-state index in [0.29, 0.717) is 0 Å². The Bertz CT molecular complexity index is 1260. The summed E-state index contributed by atoms with van der Waals surface area (Å²) in [5.74, 6) is -3.17. The second kappa shape index (κ2) is 6.62. The molecule has 2 aromatic rings. The number of Topliss-reactive ketones (excluding diaryl/α,β-unsaturated/α-hetero) is 3. The average Bonchev–Trinajstić information content (AvgIpc) is 2.70. The highest BCUT2D eigenvalue weighted by Crippen LogP contribution is 2.42. The minimum absolute atomic E-state index is 0.0720. The van der Waals surface area contributed by atoms with Crippen molar-refractivity contribution in [2.45, 2.75) is 26.7 Å². The fourth-order valence-electron chi connectivity index (χ4n) is 4.22. The van der Waals surface area contributed by atoms with Crippen LogP contribution in [0.3, 0.4) is 0 Å². The van der Waals surface area contributed by atoms with Gasteiger partial charge in [-0.05, 0) is 32.1 Å². The summed E-state index contributed by atoms with van der Waals surface area (Å²) in [6.07, 6.45) is 1.17. The van der Waals surface area contributed by atoms with Crippen molar-refractivity contribution in [3.63, 3.8) is 0 Å². The Kier molecular flexibility index (Phi) is 4.31. The SMILES string of the molecule is CC1=CC(=O)c2c(ccc([C@H](C)C3=C(C)C(=O)c4cccc(O)c4C3=O)c2O)C1=O. The number of rotatable bonds is 2. The van der Waals surface area contributed by atoms with Gasteiger partial charge in [-0.25, -0.2) is 0 Å². The summed E-state index contributed by atoms with van der Waals surface area (Å²) in [7, 11) is 0. The number of hydrogen-bond donors (Lipinski definition) is 2. The highest BCUT2D eigenvalue weighted by molar-refractivity contribution is 6.28. The Morgan fingerprint density at radius 3 is 2.17 bits per heavy atom. The zero-order chi connectivity index (χ0) is 21.9. The van der Waals surface area contributed by atoms with Crippen LogP contribution in [0.15, 0.2) is 53.1 Å². The van der Waals surface area contributed by atoms with Gasteiger partial charge in [0, 0.05) is 39.3 Å². The molecule has 2 N–H and O–H groups in total. The van der Waals surface area contributed by atoms with Crippen LogP contribution in [0.5, 0.6) is 11.5 Å². The summed E-state index contributed by atoms with van der Waals surface area (Å²) in [6.45, 7) is 4.68. The van der Waals surface area contributed by atoms with Crippen LogP contribution in [0.1, 0.15) is 73.7 Å². The largest absolute Gasteiger partial charge is 0.507 e. The van der Waals surface area contributed by atoms with Gasteiger partial charge in [-0.3, -0.25) is 19.2 Å². The maximum atomic E-state index is 13.2. The molecule has 30 heavy (non-hydrogen) atoms. The Morgan fingerprint density at radius 1 is 0.800 bits per heavy atom. The van der Waals surface area contributed by atoms with Crippen molar-refractivity contribution in [3.8, 4) is 11.5 Å². The average molecular weight is 402 g/mol. The Labute approximate surface area is 172 Å². The monoisotopic (exact) mass is 402 g/mol. The minimum atomic E-state index is -0.755. The molecule has 0 amide bonds. The van der Waals surface area contributed by atoms with Crippen molar-refractivity contribution in [2.75, 3.05) is 0 Å². The second-order valence-corrected chi connectivity index (χ2v) is 7.56. The van der Waals surface area contributed by atoms with Crippen LogP contribution in [-0.2, 0) is 0 Å². The van der Waals surface area contributed by atoms with E-state index in [1.807, 2.05) is 0 Å². The molecule has 0 radical (unpaired) electrons. The van der Waals surface area contributed by atoms with Crippen LogP contribution >= 0.6 is 0 Å². The lowest BCUT2D eigenvalue weighted by Crippen LogP contribution is -2.24. The first-order chi connectivity index (χ1) is 14.1. The second-order valence-electron chi connectivity index (χ2n) is 7.56. The number of benzene rings is 2. The van der Waals surface area contributed by atoms with Crippen LogP contribution in [0.2, 0.25) is 0 Å². The van der Waals surface area contributed by atoms with Gasteiger partial charge in [0.1, 0.15) is 11.5 Å². The maximum absolute atomic E-state index is 13.2. The third-order valence-corrected chi connectivity index (χ3v) is 5.81. The highest BCUT2D eigenvalue weighted by Gasteiger charge is 2.37. The zero-order valence-electron chi connectivity index (χ0n) is 16.6. The normalized spacial score (nSPS) is 17.0. The molecule has 4 rings (SSSR count). The van der Waals surface area contributed by atoms with Gasteiger partial charge in [-0.15, -0.1) is 0 Å². The van der Waals surface area contributed by atoms with E-state index < -0.39 is 17.5 Å². The fraction of sp³-hybridized carbons (Fsp3) is 0.167. The van der Waals surface area contributed by atoms with Gasteiger partial charge in [0.2, 0.25) is 0 Å². The van der Waals surface area contributed by atoms with E-state index in [4.69, 9.17) is 0 Å². The lowest BCUT2D eigenvalue weighted by molar-refractivity contribution is 0.0967. The molecule has 2 aliphatic rings. The van der Waals surface area contributed by atoms with Crippen LogP contribution in [0.4, 0.5) is 0 Å². The molecule has 0 saturated carbocycles. The quantitative estimate of drug-likeness (QED) is 0.788. The molecule has 6 nitrogen and oxygen atoms in total. The summed E-state index contributed by atoms with van der Waals surface area (Å²) in [5.41, 5.74) is 0.927. The van der Waals surface area contributed by atoms with Gasteiger partial charge < -0.3 is 10.2 Å². The van der Waals surface area contributed by atoms with E-state index in [0.717, 1.165) is 0 Å². The highest BCUT2D eigenvalue weighted by atomic mass is 16.3. The molecule has 150 valence electrons. The molecule has 2 aliphatic carbocycles. The summed E-state index contributed by atoms with van der Waals surface area (Å²) < 4.78 is 0. The topological polar surface area (TPSA) is 109 Å². The number of fused-ring (bicyclic) bond motifs is 2. The van der Waals surface area contributed by atoms with Gasteiger partial charge in [0.05, 0.1) is 11.1 Å². The van der Waals surface area contributed by atoms with Crippen molar-refractivity contribution in [1.29, 1.82) is 0 Å². The Morgan fingerprint density at radius 2 is 1.47 bits per heavy atom. The molecule has 0 unspecified atom stereocenters. The van der Waals surface area contributed by atoms with E-state index in [-0.39, 0.29) is 67.6 Å². The number of ketones is 4. The lowest BCUT2D eigenvalue weighted by Gasteiger charge is -2.26. The smallest absolute Gasteiger partial charge is 0.194 e. The summed E-state index contributed by atoms with van der Waals surface area (Å²) >= 11 is 0. The van der Waals surface area contributed by atoms with Crippen LogP contribution < -0.4 is 0 Å². The fourth-order valence-corrected chi connectivity index (χ4v) is 4.22. The Balaban J connectivity index is 1.88. The van der Waals surface area contributed by atoms with Crippen LogP contribution in [0, 0.1) is 0 Å². The molecule has 0 heterocycles. The first-order valence-electron chi connectivity index (χ1n) is 9.40. The number of phenols is 2. The van der Waals surface area contributed by atoms with E-state index in [1.165, 1.54) is 50.3 Å². The Hall–Kier alpha value is -3.80. The molecule has 0 spiro atoms. The number of carbonyl (C=O) groups excluding carboxylic acids is 4. The predicted molar refractivity (Wildman–Crippen MR) is 108 cm³/mol. The number of aromatic hydroxyl groups is 2. The predicted octanol–water partition coefficient (Wildman–Crippen LogP) is 3.92. The van der Waals surface area contributed by atoms with Crippen molar-refractivity contribution in [1.82, 2.24) is 0 Å². The van der Waals surface area contributed by atoms with Crippen molar-refractivity contribution < 1.29 is 29.4 Å². The minimum Gasteiger partial charge on any atom is -0.507 e. The van der Waals surface area contributed by atoms with Gasteiger partial charge in [0.15, 0.2) is 23.1 Å². The zero-order valence-corrected chi connectivity index (χ0v) is 16.6. The summed E-state index contributed by atoms with van der Waals surface area (Å²) in [4.78, 5) is 50.8. The molecule has 6 heteroatoms. The standard InChI is InChI=1S/C24H18O6/c1-10-9-17(26)20-15(21(10)27)8-7-13(23(20)29)11(2)18-12(3)22(28)14-5-4-6-16(25)19(14)24(18)30/h4-9,11,25,29H,1-3H3/t11-/m0/s1. The molecule has 0 saturated heterocycles. The molecule has 1 atom stereocenters. The number of phenolic OH excluding ortho intramolecular Hbond substituents is 2. The number of allylic oxidation sites excluding steroid dienone is 4. The molecule has 0 bridgehead atoms. The van der Waals surface area contributed by atoms with Gasteiger partial charge in [0.25, 0.3) is 0 Å². The molecule has 0 fully saturated rings. The molecule has 2 aromatic carbocycles. The molecule has 0 aromatic heterocycles. The molecular weight excluding hydrogens is 384 g/mol. The van der Waals surface area contributed by atoms with Crippen molar-refractivity contribution >= 4 is 23.1 Å². The maximum Gasteiger partial charge on any atom is 0.194 e. The van der Waals surface area contributed by atoms with E-state index >= 15 is 0 Å². The van der Waals surface area contributed by atoms with E-state index in [9.17, 15) is 29.4 Å². The van der Waals surface area contributed by atoms with Gasteiger partial charge >= 0.3 is 0 Å².